The van der Waals surface area contributed by atoms with E-state index in [2.05, 4.69) is 44.1 Å². The highest BCUT2D eigenvalue weighted by atomic mass is 32.2. The van der Waals surface area contributed by atoms with Gasteiger partial charge in [-0.25, -0.2) is 22.0 Å². The molecule has 0 aromatic heterocycles. The van der Waals surface area contributed by atoms with E-state index in [1.54, 1.807) is 0 Å². The first-order valence-electron chi connectivity index (χ1n) is 13.4. The number of nitrogens with two attached hydrogens (primary N) is 1. The second kappa shape index (κ2) is 14.0. The van der Waals surface area contributed by atoms with Crippen molar-refractivity contribution >= 4 is 45.6 Å². The van der Waals surface area contributed by atoms with Gasteiger partial charge in [0.05, 0.1) is 10.6 Å². The summed E-state index contributed by atoms with van der Waals surface area (Å²) in [6.07, 6.45) is 0.444. The quantitative estimate of drug-likeness (QED) is 0.188. The Morgan fingerprint density at radius 3 is 2.14 bits per heavy atom. The van der Waals surface area contributed by atoms with Gasteiger partial charge >= 0.3 is 5.51 Å². The Bertz CT molecular complexity index is 1400. The zero-order valence-corrected chi connectivity index (χ0v) is 28.5. The van der Waals surface area contributed by atoms with Crippen LogP contribution < -0.4 is 10.5 Å². The molecule has 0 heterocycles. The first kappa shape index (κ1) is 36.6. The van der Waals surface area contributed by atoms with Crippen LogP contribution >= 0.6 is 11.8 Å². The summed E-state index contributed by atoms with van der Waals surface area (Å²) in [6, 6.07) is 11.4. The molecule has 0 fully saturated rings. The van der Waals surface area contributed by atoms with Crippen LogP contribution in [-0.2, 0) is 24.3 Å². The lowest BCUT2D eigenvalue weighted by Crippen LogP contribution is -2.42. The lowest BCUT2D eigenvalue weighted by atomic mass is 10.1. The topological polar surface area (TPSA) is 119 Å². The van der Waals surface area contributed by atoms with Crippen molar-refractivity contribution in [3.05, 3.63) is 48.5 Å². The van der Waals surface area contributed by atoms with Gasteiger partial charge < -0.3 is 14.6 Å². The summed E-state index contributed by atoms with van der Waals surface area (Å²) in [5.74, 6) is 0. The summed E-state index contributed by atoms with van der Waals surface area (Å²) in [5.41, 5.74) is -6.00. The van der Waals surface area contributed by atoms with Crippen LogP contribution in [0, 0.1) is 0 Å². The Hall–Kier alpha value is -1.62. The van der Waals surface area contributed by atoms with Crippen LogP contribution in [0.1, 0.15) is 34.1 Å². The van der Waals surface area contributed by atoms with Crippen LogP contribution in [0.25, 0.3) is 0 Å². The first-order chi connectivity index (χ1) is 19.1. The lowest BCUT2D eigenvalue weighted by molar-refractivity contribution is -0.0435. The number of nitrogens with one attached hydrogen (secondary N) is 1. The van der Waals surface area contributed by atoms with E-state index in [-0.39, 0.29) is 16.0 Å². The van der Waals surface area contributed by atoms with E-state index in [9.17, 15) is 30.0 Å². The second-order valence-corrected chi connectivity index (χ2v) is 21.5. The molecule has 3 N–H and O–H groups in total. The van der Waals surface area contributed by atoms with E-state index < -0.39 is 49.5 Å². The molecule has 0 bridgehead atoms. The fourth-order valence-corrected chi connectivity index (χ4v) is 7.42. The molecule has 0 spiro atoms. The first-order valence-corrected chi connectivity index (χ1v) is 20.2. The zero-order valence-electron chi connectivity index (χ0n) is 25.0. The van der Waals surface area contributed by atoms with Gasteiger partial charge in [0.1, 0.15) is 4.90 Å². The van der Waals surface area contributed by atoms with Crippen molar-refractivity contribution < 1.29 is 34.4 Å². The SMILES string of the molecule is CC(Sc1ccccc1)[C@@H](CCN(C)CCO[Si](C)(C)C(C)(C)C)Nc1ccc(S(N)(=O)=O)cc1S(=O)(=O)C(F)(F)F. The Kier molecular flexibility index (Phi) is 12.2. The predicted molar refractivity (Wildman–Crippen MR) is 165 cm³/mol. The number of rotatable bonds is 14. The van der Waals surface area contributed by atoms with Gasteiger partial charge in [0.2, 0.25) is 10.0 Å². The molecule has 0 aliphatic carbocycles. The number of thioether (sulfide) groups is 1. The van der Waals surface area contributed by atoms with Crippen molar-refractivity contribution in [1.29, 1.82) is 0 Å². The third-order valence-corrected chi connectivity index (χ3v) is 15.6. The zero-order chi connectivity index (χ0) is 32.1. The van der Waals surface area contributed by atoms with Crippen LogP contribution in [0.15, 0.2) is 63.2 Å². The largest absolute Gasteiger partial charge is 0.501 e. The number of sulfone groups is 1. The van der Waals surface area contributed by atoms with Gasteiger partial charge in [-0.3, -0.25) is 0 Å². The molecule has 42 heavy (non-hydrogen) atoms. The average molecular weight is 670 g/mol. The highest BCUT2D eigenvalue weighted by Gasteiger charge is 2.48. The average Bonchev–Trinajstić information content (AvgIpc) is 2.85. The summed E-state index contributed by atoms with van der Waals surface area (Å²) in [6.45, 7) is 14.4. The van der Waals surface area contributed by atoms with Crippen LogP contribution in [0.5, 0.6) is 0 Å². The fraction of sp³-hybridized carbons (Fsp3) is 0.556. The number of hydrogen-bond donors (Lipinski definition) is 2. The van der Waals surface area contributed by atoms with Crippen LogP contribution in [0.2, 0.25) is 18.1 Å². The number of nitrogens with zero attached hydrogens (tertiary/aromatic N) is 1. The van der Waals surface area contributed by atoms with Gasteiger partial charge in [0, 0.05) is 29.3 Å². The molecule has 1 unspecified atom stereocenters. The monoisotopic (exact) mass is 669 g/mol. The Balaban J connectivity index is 2.36. The normalized spacial score (nSPS) is 15.0. The fourth-order valence-electron chi connectivity index (χ4n) is 3.71. The summed E-state index contributed by atoms with van der Waals surface area (Å²) < 4.78 is 95.9. The molecule has 2 aromatic rings. The maximum Gasteiger partial charge on any atom is 0.501 e. The molecular formula is C27H42F3N3O5S3Si. The van der Waals surface area contributed by atoms with Crippen molar-refractivity contribution in [2.45, 2.75) is 83.7 Å². The van der Waals surface area contributed by atoms with Gasteiger partial charge in [-0.1, -0.05) is 45.9 Å². The molecule has 0 amide bonds. The molecule has 0 aliphatic heterocycles. The second-order valence-electron chi connectivity index (χ2n) is 11.7. The Morgan fingerprint density at radius 2 is 1.62 bits per heavy atom. The number of halogens is 3. The highest BCUT2D eigenvalue weighted by Crippen LogP contribution is 2.38. The molecular weight excluding hydrogens is 628 g/mol. The van der Waals surface area contributed by atoms with E-state index in [0.717, 1.165) is 17.0 Å². The van der Waals surface area contributed by atoms with Crippen LogP contribution in [-0.4, -0.2) is 73.6 Å². The third kappa shape index (κ3) is 9.96. The molecule has 0 saturated heterocycles. The van der Waals surface area contributed by atoms with Gasteiger partial charge in [-0.15, -0.1) is 11.8 Å². The van der Waals surface area contributed by atoms with Crippen molar-refractivity contribution in [2.24, 2.45) is 5.14 Å². The van der Waals surface area contributed by atoms with Crippen molar-refractivity contribution in [3.63, 3.8) is 0 Å². The van der Waals surface area contributed by atoms with E-state index in [1.165, 1.54) is 11.8 Å². The van der Waals surface area contributed by atoms with Gasteiger partial charge in [0.25, 0.3) is 9.84 Å². The smallest absolute Gasteiger partial charge is 0.416 e. The molecule has 0 radical (unpaired) electrons. The minimum atomic E-state index is -5.90. The number of benzene rings is 2. The number of alkyl halides is 3. The van der Waals surface area contributed by atoms with Crippen LogP contribution in [0.3, 0.4) is 0 Å². The molecule has 2 aromatic carbocycles. The minimum absolute atomic E-state index is 0.0674. The summed E-state index contributed by atoms with van der Waals surface area (Å²) in [5, 5.41) is 7.94. The maximum absolute atomic E-state index is 13.6. The van der Waals surface area contributed by atoms with Gasteiger partial charge in [-0.2, -0.15) is 13.2 Å². The van der Waals surface area contributed by atoms with E-state index in [1.807, 2.05) is 44.3 Å². The van der Waals surface area contributed by atoms with Crippen molar-refractivity contribution in [1.82, 2.24) is 4.90 Å². The molecule has 2 atom stereocenters. The maximum atomic E-state index is 13.6. The van der Waals surface area contributed by atoms with Crippen molar-refractivity contribution in [2.75, 3.05) is 32.1 Å². The molecule has 238 valence electrons. The standard InChI is InChI=1S/C27H42F3N3O5S3Si/c1-20(39-21-11-9-8-10-12-21)23(15-16-33(5)17-18-38-42(6,7)26(2,3)4)32-24-14-13-22(41(31,36)37)19-25(24)40(34,35)27(28,29)30/h8-14,19-20,23,32H,15-18H2,1-7H3,(H2,31,36,37)/t20?,23-/m1/s1. The number of anilines is 1. The summed E-state index contributed by atoms with van der Waals surface area (Å²) in [7, 11) is -10.4. The lowest BCUT2D eigenvalue weighted by Gasteiger charge is -2.36. The highest BCUT2D eigenvalue weighted by molar-refractivity contribution is 8.00. The summed E-state index contributed by atoms with van der Waals surface area (Å²) >= 11 is 1.49. The molecule has 0 aliphatic rings. The van der Waals surface area contributed by atoms with Gasteiger partial charge in [0.15, 0.2) is 8.32 Å². The third-order valence-electron chi connectivity index (χ3n) is 7.41. The molecule has 8 nitrogen and oxygen atoms in total. The number of likely N-dealkylation sites (N-methyl/N-ethyl adjacent to an activating group) is 1. The van der Waals surface area contributed by atoms with E-state index >= 15 is 0 Å². The van der Waals surface area contributed by atoms with E-state index in [4.69, 9.17) is 9.56 Å². The predicted octanol–water partition coefficient (Wildman–Crippen LogP) is 5.93. The Morgan fingerprint density at radius 1 is 1.02 bits per heavy atom. The number of hydrogen-bond acceptors (Lipinski definition) is 8. The van der Waals surface area contributed by atoms with Crippen molar-refractivity contribution in [3.8, 4) is 0 Å². The van der Waals surface area contributed by atoms with Crippen LogP contribution in [0.4, 0.5) is 18.9 Å². The molecule has 15 heteroatoms. The van der Waals surface area contributed by atoms with E-state index in [0.29, 0.717) is 32.2 Å². The minimum Gasteiger partial charge on any atom is -0.416 e. The molecule has 0 saturated carbocycles. The number of sulfonamides is 1. The Labute approximate surface area is 253 Å². The van der Waals surface area contributed by atoms with Gasteiger partial charge in [-0.05, 0) is 68.5 Å². The molecule has 2 rings (SSSR count). The number of primary sulfonamides is 1. The summed E-state index contributed by atoms with van der Waals surface area (Å²) in [4.78, 5) is 1.06.